The molecule has 7 heteroatoms. The van der Waals surface area contributed by atoms with Gasteiger partial charge in [0, 0.05) is 18.3 Å². The number of hydrogen-bond donors (Lipinski definition) is 2. The minimum Gasteiger partial charge on any atom is -0.458 e. The van der Waals surface area contributed by atoms with Crippen LogP contribution in [-0.4, -0.2) is 40.8 Å². The molecule has 0 aliphatic heterocycles. The largest absolute Gasteiger partial charge is 0.458 e. The van der Waals surface area contributed by atoms with E-state index in [1.54, 1.807) is 0 Å². The molecular formula is C33H43NO6. The van der Waals surface area contributed by atoms with E-state index >= 15 is 0 Å². The van der Waals surface area contributed by atoms with Crippen molar-refractivity contribution in [2.24, 2.45) is 28.6 Å². The van der Waals surface area contributed by atoms with Crippen LogP contribution in [0.4, 0.5) is 0 Å². The van der Waals surface area contributed by atoms with E-state index in [-0.39, 0.29) is 41.9 Å². The van der Waals surface area contributed by atoms with Gasteiger partial charge in [-0.2, -0.15) is 0 Å². The van der Waals surface area contributed by atoms with Gasteiger partial charge in [0.25, 0.3) is 0 Å². The van der Waals surface area contributed by atoms with Gasteiger partial charge in [-0.05, 0) is 86.7 Å². The van der Waals surface area contributed by atoms with E-state index in [1.807, 2.05) is 43.3 Å². The highest BCUT2D eigenvalue weighted by molar-refractivity contribution is 5.92. The number of aliphatic hydroxyl groups is 1. The second-order valence-electron chi connectivity index (χ2n) is 13.1. The fourth-order valence-corrected chi connectivity index (χ4v) is 8.73. The molecule has 4 aliphatic rings. The molecule has 1 aromatic rings. The second-order valence-corrected chi connectivity index (χ2v) is 13.1. The molecule has 0 saturated heterocycles. The third-order valence-corrected chi connectivity index (χ3v) is 11.2. The average molecular weight is 550 g/mol. The molecule has 0 heterocycles. The van der Waals surface area contributed by atoms with Gasteiger partial charge in [0.1, 0.15) is 5.60 Å². The summed E-state index contributed by atoms with van der Waals surface area (Å²) >= 11 is 0. The number of nitrogens with one attached hydrogen (secondary N) is 1. The Morgan fingerprint density at radius 3 is 2.48 bits per heavy atom. The molecule has 0 radical (unpaired) electrons. The highest BCUT2D eigenvalue weighted by Gasteiger charge is 2.66. The molecule has 0 bridgehead atoms. The predicted octanol–water partition coefficient (Wildman–Crippen LogP) is 5.02. The minimum atomic E-state index is -1.52. The predicted molar refractivity (Wildman–Crippen MR) is 150 cm³/mol. The van der Waals surface area contributed by atoms with Crippen LogP contribution in [0.3, 0.4) is 0 Å². The average Bonchev–Trinajstić information content (AvgIpc) is 3.22. The molecule has 1 amide bonds. The normalized spacial score (nSPS) is 35.5. The van der Waals surface area contributed by atoms with Gasteiger partial charge in [-0.3, -0.25) is 19.2 Å². The number of ether oxygens (including phenoxy) is 1. The number of allylic oxidation sites excluding steroid dienone is 1. The fourth-order valence-electron chi connectivity index (χ4n) is 8.73. The summed E-state index contributed by atoms with van der Waals surface area (Å²) < 4.78 is 5.28. The smallest absolute Gasteiger partial charge is 0.306 e. The highest BCUT2D eigenvalue weighted by atomic mass is 16.5. The zero-order chi connectivity index (χ0) is 28.7. The molecule has 7 atom stereocenters. The maximum atomic E-state index is 13.4. The maximum Gasteiger partial charge on any atom is 0.306 e. The number of esters is 1. The molecule has 1 unspecified atom stereocenters. The van der Waals surface area contributed by atoms with E-state index in [1.165, 1.54) is 5.57 Å². The topological polar surface area (TPSA) is 110 Å². The van der Waals surface area contributed by atoms with Crippen LogP contribution >= 0.6 is 0 Å². The van der Waals surface area contributed by atoms with Crippen LogP contribution in [0, 0.1) is 28.6 Å². The van der Waals surface area contributed by atoms with E-state index in [0.717, 1.165) is 44.1 Å². The van der Waals surface area contributed by atoms with Gasteiger partial charge < -0.3 is 15.2 Å². The Morgan fingerprint density at radius 1 is 1.00 bits per heavy atom. The van der Waals surface area contributed by atoms with E-state index in [9.17, 15) is 24.3 Å². The maximum absolute atomic E-state index is 13.4. The zero-order valence-corrected chi connectivity index (χ0v) is 24.0. The number of rotatable bonds is 8. The fraction of sp³-hybridized carbons (Fsp3) is 0.636. The van der Waals surface area contributed by atoms with Crippen molar-refractivity contribution in [3.63, 3.8) is 0 Å². The summed E-state index contributed by atoms with van der Waals surface area (Å²) in [5, 5.41) is 14.7. The highest BCUT2D eigenvalue weighted by Crippen LogP contribution is 2.67. The van der Waals surface area contributed by atoms with Gasteiger partial charge in [0.05, 0.1) is 12.5 Å². The van der Waals surface area contributed by atoms with Crippen molar-refractivity contribution in [1.82, 2.24) is 5.32 Å². The number of carbonyl (C=O) groups is 4. The first-order valence-electron chi connectivity index (χ1n) is 15.0. The lowest BCUT2D eigenvalue weighted by atomic mass is 9.46. The molecule has 40 heavy (non-hydrogen) atoms. The minimum absolute atomic E-state index is 0.0296. The van der Waals surface area contributed by atoms with Crippen LogP contribution in [0.2, 0.25) is 0 Å². The Balaban J connectivity index is 1.15. The van der Waals surface area contributed by atoms with Gasteiger partial charge in [-0.25, -0.2) is 0 Å². The number of hydrogen-bond acceptors (Lipinski definition) is 6. The lowest BCUT2D eigenvalue weighted by Gasteiger charge is -2.58. The molecule has 5 rings (SSSR count). The molecule has 0 aromatic heterocycles. The van der Waals surface area contributed by atoms with Crippen LogP contribution in [-0.2, 0) is 23.9 Å². The van der Waals surface area contributed by atoms with Gasteiger partial charge in [-0.1, -0.05) is 49.8 Å². The number of carbonyl (C=O) groups excluding carboxylic acids is 4. The van der Waals surface area contributed by atoms with Gasteiger partial charge >= 0.3 is 5.97 Å². The molecule has 3 fully saturated rings. The Labute approximate surface area is 237 Å². The SMILES string of the molecule is CC(NC(=O)CCC(=O)OCC(=O)[C@@]1(O)CC[C@H]2[C@@H]3CCC4=CC(=O)CC[C@]4(C)[C@H]3CC[C@@]21C)c1ccccc1. The molecule has 216 valence electrons. The third-order valence-electron chi connectivity index (χ3n) is 11.2. The number of Topliss-reactive ketones (excluding diaryl/α,β-unsaturated/α-hetero) is 1. The standard InChI is InChI=1S/C33H43NO6/c1-21(22-7-5-4-6-8-22)34-29(37)11-12-30(38)40-20-28(36)33(39)18-15-27-25-10-9-23-19-24(35)13-16-31(23,2)26(25)14-17-32(27,33)3/h4-8,19,21,25-27,39H,9-18,20H2,1-3H3,(H,34,37)/t21?,25-,26+,27+,31+,32+,33+/m1/s1. The Bertz CT molecular complexity index is 1210. The van der Waals surface area contributed by atoms with Gasteiger partial charge in [0.2, 0.25) is 11.7 Å². The number of ketones is 2. The number of amides is 1. The first kappa shape index (κ1) is 28.7. The van der Waals surface area contributed by atoms with Crippen LogP contribution in [0.1, 0.15) is 96.6 Å². The summed E-state index contributed by atoms with van der Waals surface area (Å²) in [6.45, 7) is 5.78. The Hall–Kier alpha value is -2.80. The van der Waals surface area contributed by atoms with Crippen LogP contribution in [0.5, 0.6) is 0 Å². The van der Waals surface area contributed by atoms with Crippen LogP contribution in [0.25, 0.3) is 0 Å². The summed E-state index contributed by atoms with van der Waals surface area (Å²) in [6, 6.07) is 9.39. The number of benzene rings is 1. The van der Waals surface area contributed by atoms with Crippen molar-refractivity contribution in [3.05, 3.63) is 47.5 Å². The Kier molecular flexibility index (Phi) is 7.81. The third kappa shape index (κ3) is 4.95. The molecule has 7 nitrogen and oxygen atoms in total. The first-order valence-corrected chi connectivity index (χ1v) is 15.0. The lowest BCUT2D eigenvalue weighted by Crippen LogP contribution is -2.58. The summed E-state index contributed by atoms with van der Waals surface area (Å²) in [6.07, 6.45) is 7.96. The van der Waals surface area contributed by atoms with Crippen molar-refractivity contribution in [1.29, 1.82) is 0 Å². The molecular weight excluding hydrogens is 506 g/mol. The quantitative estimate of drug-likeness (QED) is 0.441. The van der Waals surface area contributed by atoms with E-state index in [0.29, 0.717) is 24.7 Å². The van der Waals surface area contributed by atoms with Gasteiger partial charge in [0.15, 0.2) is 12.4 Å². The van der Waals surface area contributed by atoms with E-state index in [2.05, 4.69) is 19.2 Å². The number of fused-ring (bicyclic) bond motifs is 5. The van der Waals surface area contributed by atoms with Crippen LogP contribution < -0.4 is 5.32 Å². The molecule has 1 aromatic carbocycles. The first-order chi connectivity index (χ1) is 19.0. The van der Waals surface area contributed by atoms with Crippen molar-refractivity contribution < 1.29 is 29.0 Å². The van der Waals surface area contributed by atoms with Crippen molar-refractivity contribution in [2.75, 3.05) is 6.61 Å². The monoisotopic (exact) mass is 549 g/mol. The summed E-state index contributed by atoms with van der Waals surface area (Å²) in [7, 11) is 0. The van der Waals surface area contributed by atoms with Crippen molar-refractivity contribution >= 4 is 23.4 Å². The van der Waals surface area contributed by atoms with Crippen molar-refractivity contribution in [3.8, 4) is 0 Å². The Morgan fingerprint density at radius 2 is 1.73 bits per heavy atom. The zero-order valence-electron chi connectivity index (χ0n) is 24.0. The van der Waals surface area contributed by atoms with Crippen molar-refractivity contribution in [2.45, 2.75) is 96.6 Å². The molecule has 0 spiro atoms. The van der Waals surface area contributed by atoms with Crippen LogP contribution in [0.15, 0.2) is 42.0 Å². The van der Waals surface area contributed by atoms with E-state index < -0.39 is 29.4 Å². The summed E-state index contributed by atoms with van der Waals surface area (Å²) in [5.41, 5.74) is 0.220. The summed E-state index contributed by atoms with van der Waals surface area (Å²) in [4.78, 5) is 50.2. The lowest BCUT2D eigenvalue weighted by molar-refractivity contribution is -0.170. The summed E-state index contributed by atoms with van der Waals surface area (Å²) in [5.74, 6) is 0.0285. The molecule has 2 N–H and O–H groups in total. The van der Waals surface area contributed by atoms with E-state index in [4.69, 9.17) is 4.74 Å². The molecule has 3 saturated carbocycles. The molecule has 4 aliphatic carbocycles. The second kappa shape index (κ2) is 10.9. The van der Waals surface area contributed by atoms with Gasteiger partial charge in [-0.15, -0.1) is 0 Å².